The number of para-hydroxylation sites is 1. The molecule has 2 N–H and O–H groups in total. The number of carbonyl (C=O) groups excluding carboxylic acids is 1. The molecular formula is C22H19N3OS. The summed E-state index contributed by atoms with van der Waals surface area (Å²) in [7, 11) is 0. The summed E-state index contributed by atoms with van der Waals surface area (Å²) in [5, 5.41) is 6.73. The van der Waals surface area contributed by atoms with Crippen molar-refractivity contribution in [1.82, 2.24) is 4.98 Å². The molecule has 0 saturated heterocycles. The van der Waals surface area contributed by atoms with E-state index >= 15 is 0 Å². The van der Waals surface area contributed by atoms with E-state index in [9.17, 15) is 4.79 Å². The number of hydrogen-bond acceptors (Lipinski definition) is 3. The summed E-state index contributed by atoms with van der Waals surface area (Å²) in [5.41, 5.74) is 5.80. The molecule has 4 nitrogen and oxygen atoms in total. The zero-order chi connectivity index (χ0) is 18.8. The maximum Gasteiger partial charge on any atom is 0.323 e. The van der Waals surface area contributed by atoms with Gasteiger partial charge in [-0.1, -0.05) is 29.8 Å². The summed E-state index contributed by atoms with van der Waals surface area (Å²) in [6.45, 7) is 4.01. The molecule has 27 heavy (non-hydrogen) atoms. The monoisotopic (exact) mass is 373 g/mol. The van der Waals surface area contributed by atoms with E-state index in [4.69, 9.17) is 0 Å². The van der Waals surface area contributed by atoms with Crippen LogP contribution in [0.25, 0.3) is 20.8 Å². The molecule has 4 aromatic rings. The standard InChI is InChI=1S/C22H19N3OS/c1-14-7-12-18(15(2)13-14)25-22(26)23-17-10-8-16(9-11-17)21-24-19-5-3-4-6-20(19)27-21/h3-13H,1-2H3,(H2,23,25,26). The summed E-state index contributed by atoms with van der Waals surface area (Å²) in [6.07, 6.45) is 0. The molecule has 5 heteroatoms. The third-order valence-corrected chi connectivity index (χ3v) is 5.40. The Morgan fingerprint density at radius 3 is 2.44 bits per heavy atom. The van der Waals surface area contributed by atoms with Gasteiger partial charge in [0.2, 0.25) is 0 Å². The van der Waals surface area contributed by atoms with Gasteiger partial charge in [0.05, 0.1) is 10.2 Å². The molecule has 0 bridgehead atoms. The molecule has 0 unspecified atom stereocenters. The first-order chi connectivity index (χ1) is 13.1. The molecular weight excluding hydrogens is 354 g/mol. The van der Waals surface area contributed by atoms with Crippen molar-refractivity contribution in [3.05, 3.63) is 77.9 Å². The molecule has 1 heterocycles. The van der Waals surface area contributed by atoms with Gasteiger partial charge in [-0.2, -0.15) is 0 Å². The first kappa shape index (κ1) is 17.2. The molecule has 0 aliphatic heterocycles. The van der Waals surface area contributed by atoms with Gasteiger partial charge in [-0.05, 0) is 61.9 Å². The number of urea groups is 1. The highest BCUT2D eigenvalue weighted by molar-refractivity contribution is 7.21. The second-order valence-electron chi connectivity index (χ2n) is 6.46. The van der Waals surface area contributed by atoms with Crippen molar-refractivity contribution >= 4 is 39.0 Å². The van der Waals surface area contributed by atoms with Gasteiger partial charge in [0.25, 0.3) is 0 Å². The number of nitrogens with zero attached hydrogens (tertiary/aromatic N) is 1. The van der Waals surface area contributed by atoms with Crippen LogP contribution < -0.4 is 10.6 Å². The quantitative estimate of drug-likeness (QED) is 0.447. The van der Waals surface area contributed by atoms with Gasteiger partial charge in [-0.25, -0.2) is 9.78 Å². The highest BCUT2D eigenvalue weighted by Gasteiger charge is 2.08. The van der Waals surface area contributed by atoms with Gasteiger partial charge in [0, 0.05) is 16.9 Å². The number of aromatic nitrogens is 1. The first-order valence-corrected chi connectivity index (χ1v) is 9.51. The summed E-state index contributed by atoms with van der Waals surface area (Å²) >= 11 is 1.66. The number of aryl methyl sites for hydroxylation is 2. The Morgan fingerprint density at radius 2 is 1.70 bits per heavy atom. The van der Waals surface area contributed by atoms with Gasteiger partial charge < -0.3 is 10.6 Å². The molecule has 4 rings (SSSR count). The average Bonchev–Trinajstić information content (AvgIpc) is 3.09. The van der Waals surface area contributed by atoms with Crippen LogP contribution in [0.2, 0.25) is 0 Å². The van der Waals surface area contributed by atoms with Crippen LogP contribution in [0.3, 0.4) is 0 Å². The van der Waals surface area contributed by atoms with Gasteiger partial charge in [0.15, 0.2) is 0 Å². The first-order valence-electron chi connectivity index (χ1n) is 8.70. The molecule has 0 aliphatic rings. The number of nitrogens with one attached hydrogen (secondary N) is 2. The van der Waals surface area contributed by atoms with Crippen LogP contribution >= 0.6 is 11.3 Å². The number of hydrogen-bond donors (Lipinski definition) is 2. The fourth-order valence-electron chi connectivity index (χ4n) is 2.93. The predicted octanol–water partition coefficient (Wildman–Crippen LogP) is 6.22. The number of rotatable bonds is 3. The predicted molar refractivity (Wildman–Crippen MR) is 114 cm³/mol. The smallest absolute Gasteiger partial charge is 0.308 e. The number of thiazole rings is 1. The molecule has 0 aliphatic carbocycles. The van der Waals surface area contributed by atoms with Crippen LogP contribution in [-0.4, -0.2) is 11.0 Å². The Morgan fingerprint density at radius 1 is 0.926 bits per heavy atom. The van der Waals surface area contributed by atoms with Crippen molar-refractivity contribution in [3.8, 4) is 10.6 Å². The van der Waals surface area contributed by atoms with E-state index in [1.807, 2.05) is 74.5 Å². The van der Waals surface area contributed by atoms with E-state index in [1.165, 1.54) is 10.3 Å². The number of benzene rings is 3. The number of anilines is 2. The molecule has 0 spiro atoms. The van der Waals surface area contributed by atoms with Crippen molar-refractivity contribution in [2.75, 3.05) is 10.6 Å². The summed E-state index contributed by atoms with van der Waals surface area (Å²) in [5.74, 6) is 0. The second-order valence-corrected chi connectivity index (χ2v) is 7.49. The Kier molecular flexibility index (Phi) is 4.60. The summed E-state index contributed by atoms with van der Waals surface area (Å²) < 4.78 is 1.17. The van der Waals surface area contributed by atoms with Crippen LogP contribution in [0.1, 0.15) is 11.1 Å². The number of amides is 2. The lowest BCUT2D eigenvalue weighted by atomic mass is 10.1. The van der Waals surface area contributed by atoms with Crippen molar-refractivity contribution in [3.63, 3.8) is 0 Å². The molecule has 0 radical (unpaired) electrons. The van der Waals surface area contributed by atoms with E-state index < -0.39 is 0 Å². The van der Waals surface area contributed by atoms with Crippen molar-refractivity contribution in [2.24, 2.45) is 0 Å². The van der Waals surface area contributed by atoms with Gasteiger partial charge in [0.1, 0.15) is 5.01 Å². The third kappa shape index (κ3) is 3.83. The van der Waals surface area contributed by atoms with Crippen LogP contribution in [0.15, 0.2) is 66.7 Å². The van der Waals surface area contributed by atoms with Crippen LogP contribution in [0.5, 0.6) is 0 Å². The zero-order valence-electron chi connectivity index (χ0n) is 15.1. The molecule has 1 aromatic heterocycles. The Labute approximate surface area is 161 Å². The van der Waals surface area contributed by atoms with E-state index in [0.29, 0.717) is 0 Å². The average molecular weight is 373 g/mol. The highest BCUT2D eigenvalue weighted by atomic mass is 32.1. The zero-order valence-corrected chi connectivity index (χ0v) is 15.9. The Hall–Kier alpha value is -3.18. The highest BCUT2D eigenvalue weighted by Crippen LogP contribution is 2.30. The van der Waals surface area contributed by atoms with E-state index in [1.54, 1.807) is 11.3 Å². The minimum Gasteiger partial charge on any atom is -0.308 e. The van der Waals surface area contributed by atoms with Crippen molar-refractivity contribution in [2.45, 2.75) is 13.8 Å². The fourth-order valence-corrected chi connectivity index (χ4v) is 3.90. The lowest BCUT2D eigenvalue weighted by molar-refractivity contribution is 0.262. The van der Waals surface area contributed by atoms with Gasteiger partial charge in [-0.15, -0.1) is 11.3 Å². The SMILES string of the molecule is Cc1ccc(NC(=O)Nc2ccc(-c3nc4ccccc4s3)cc2)c(C)c1. The molecule has 0 fully saturated rings. The normalized spacial score (nSPS) is 10.7. The third-order valence-electron chi connectivity index (χ3n) is 4.31. The lowest BCUT2D eigenvalue weighted by Crippen LogP contribution is -2.19. The Bertz CT molecular complexity index is 1080. The Balaban J connectivity index is 1.46. The van der Waals surface area contributed by atoms with Crippen LogP contribution in [0, 0.1) is 13.8 Å². The molecule has 0 atom stereocenters. The largest absolute Gasteiger partial charge is 0.323 e. The van der Waals surface area contributed by atoms with E-state index in [0.717, 1.165) is 33.0 Å². The fraction of sp³-hybridized carbons (Fsp3) is 0.0909. The number of carbonyl (C=O) groups is 1. The van der Waals surface area contributed by atoms with Crippen molar-refractivity contribution < 1.29 is 4.79 Å². The van der Waals surface area contributed by atoms with Gasteiger partial charge >= 0.3 is 6.03 Å². The molecule has 0 saturated carbocycles. The van der Waals surface area contributed by atoms with E-state index in [-0.39, 0.29) is 6.03 Å². The van der Waals surface area contributed by atoms with Crippen LogP contribution in [0.4, 0.5) is 16.2 Å². The van der Waals surface area contributed by atoms with Crippen LogP contribution in [-0.2, 0) is 0 Å². The lowest BCUT2D eigenvalue weighted by Gasteiger charge is -2.10. The maximum absolute atomic E-state index is 12.3. The van der Waals surface area contributed by atoms with Gasteiger partial charge in [-0.3, -0.25) is 0 Å². The minimum absolute atomic E-state index is 0.255. The number of fused-ring (bicyclic) bond motifs is 1. The topological polar surface area (TPSA) is 54.0 Å². The molecule has 3 aromatic carbocycles. The molecule has 2 amide bonds. The minimum atomic E-state index is -0.255. The second kappa shape index (κ2) is 7.21. The summed E-state index contributed by atoms with van der Waals surface area (Å²) in [4.78, 5) is 16.9. The maximum atomic E-state index is 12.3. The molecule has 134 valence electrons. The summed E-state index contributed by atoms with van der Waals surface area (Å²) in [6, 6.07) is 21.5. The van der Waals surface area contributed by atoms with Crippen molar-refractivity contribution in [1.29, 1.82) is 0 Å². The van der Waals surface area contributed by atoms with E-state index in [2.05, 4.69) is 21.7 Å².